The number of aryl methyl sites for hydroxylation is 1. The lowest BCUT2D eigenvalue weighted by Gasteiger charge is -2.06. The number of nitrogens with zero attached hydrogens (tertiary/aromatic N) is 2. The molecule has 0 bridgehead atoms. The number of nitrogens with two attached hydrogens (primary N) is 1. The highest BCUT2D eigenvalue weighted by molar-refractivity contribution is 7.10. The Bertz CT molecular complexity index is 594. The van der Waals surface area contributed by atoms with Gasteiger partial charge in [-0.15, -0.1) is 11.3 Å². The molecule has 106 valence electrons. The summed E-state index contributed by atoms with van der Waals surface area (Å²) in [6, 6.07) is 5.90. The van der Waals surface area contributed by atoms with Crippen molar-refractivity contribution in [3.63, 3.8) is 0 Å². The van der Waals surface area contributed by atoms with Crippen molar-refractivity contribution < 1.29 is 5.21 Å². The van der Waals surface area contributed by atoms with Gasteiger partial charge >= 0.3 is 0 Å². The van der Waals surface area contributed by atoms with Gasteiger partial charge in [-0.25, -0.2) is 0 Å². The summed E-state index contributed by atoms with van der Waals surface area (Å²) < 4.78 is 0. The van der Waals surface area contributed by atoms with E-state index < -0.39 is 0 Å². The summed E-state index contributed by atoms with van der Waals surface area (Å²) in [7, 11) is 0. The highest BCUT2D eigenvalue weighted by Gasteiger charge is 2.04. The molecule has 2 aromatic heterocycles. The maximum absolute atomic E-state index is 8.65. The molecule has 0 atom stereocenters. The topological polar surface area (TPSA) is 83.5 Å². The lowest BCUT2D eigenvalue weighted by molar-refractivity contribution is 0.318. The molecule has 0 aromatic carbocycles. The zero-order chi connectivity index (χ0) is 14.4. The largest absolute Gasteiger partial charge is 0.409 e. The number of aromatic nitrogens is 1. The summed E-state index contributed by atoms with van der Waals surface area (Å²) in [5.41, 5.74) is 8.46. The van der Waals surface area contributed by atoms with Gasteiger partial charge in [0.25, 0.3) is 0 Å². The van der Waals surface area contributed by atoms with E-state index in [0.29, 0.717) is 5.69 Å². The lowest BCUT2D eigenvalue weighted by Crippen LogP contribution is -2.17. The first-order valence-electron chi connectivity index (χ1n) is 6.43. The van der Waals surface area contributed by atoms with Gasteiger partial charge in [0.15, 0.2) is 5.84 Å². The minimum atomic E-state index is 0.0263. The van der Waals surface area contributed by atoms with E-state index in [0.717, 1.165) is 25.1 Å². The van der Waals surface area contributed by atoms with Crippen LogP contribution in [-0.2, 0) is 19.5 Å². The van der Waals surface area contributed by atoms with Gasteiger partial charge in [0.1, 0.15) is 5.69 Å². The highest BCUT2D eigenvalue weighted by atomic mass is 32.1. The van der Waals surface area contributed by atoms with Crippen LogP contribution in [0.15, 0.2) is 34.9 Å². The maximum atomic E-state index is 8.65. The Morgan fingerprint density at radius 1 is 1.45 bits per heavy atom. The van der Waals surface area contributed by atoms with Crippen molar-refractivity contribution >= 4 is 17.2 Å². The Labute approximate surface area is 122 Å². The van der Waals surface area contributed by atoms with Crippen molar-refractivity contribution in [3.05, 3.63) is 51.5 Å². The van der Waals surface area contributed by atoms with E-state index in [-0.39, 0.29) is 5.84 Å². The number of rotatable bonds is 6. The van der Waals surface area contributed by atoms with E-state index in [9.17, 15) is 0 Å². The van der Waals surface area contributed by atoms with Crippen molar-refractivity contribution in [3.8, 4) is 0 Å². The van der Waals surface area contributed by atoms with Crippen LogP contribution in [-0.4, -0.2) is 16.0 Å². The van der Waals surface area contributed by atoms with Crippen molar-refractivity contribution in [2.75, 3.05) is 0 Å². The molecular weight excluding hydrogens is 272 g/mol. The van der Waals surface area contributed by atoms with Crippen LogP contribution >= 0.6 is 11.3 Å². The zero-order valence-electron chi connectivity index (χ0n) is 11.3. The molecule has 4 N–H and O–H groups in total. The number of amidine groups is 1. The number of nitrogens with one attached hydrogen (secondary N) is 1. The van der Waals surface area contributed by atoms with E-state index in [1.54, 1.807) is 17.5 Å². The van der Waals surface area contributed by atoms with Crippen molar-refractivity contribution in [1.82, 2.24) is 10.3 Å². The minimum Gasteiger partial charge on any atom is -0.409 e. The Morgan fingerprint density at radius 2 is 2.30 bits per heavy atom. The quantitative estimate of drug-likeness (QED) is 0.329. The minimum absolute atomic E-state index is 0.0263. The summed E-state index contributed by atoms with van der Waals surface area (Å²) in [5, 5.41) is 17.1. The van der Waals surface area contributed by atoms with Gasteiger partial charge in [0, 0.05) is 24.2 Å². The van der Waals surface area contributed by atoms with Crippen LogP contribution in [0.2, 0.25) is 0 Å². The second-order valence-corrected chi connectivity index (χ2v) is 5.36. The predicted octanol–water partition coefficient (Wildman–Crippen LogP) is 2.09. The maximum Gasteiger partial charge on any atom is 0.188 e. The standard InChI is InChI=1S/C14H18N4OS/c1-2-11-4-6-20-13(11)9-16-8-10-3-5-17-12(7-10)14(15)18-19/h3-7,16,19H,2,8-9H2,1H3,(H2,15,18). The van der Waals surface area contributed by atoms with Gasteiger partial charge in [0.2, 0.25) is 0 Å². The third-order valence-corrected chi connectivity index (χ3v) is 3.99. The van der Waals surface area contributed by atoms with Crippen molar-refractivity contribution in [1.29, 1.82) is 0 Å². The van der Waals surface area contributed by atoms with Crippen molar-refractivity contribution in [2.45, 2.75) is 26.4 Å². The van der Waals surface area contributed by atoms with Crippen LogP contribution < -0.4 is 11.1 Å². The van der Waals surface area contributed by atoms with Crippen LogP contribution in [0.25, 0.3) is 0 Å². The van der Waals surface area contributed by atoms with Gasteiger partial charge in [-0.2, -0.15) is 0 Å². The predicted molar refractivity (Wildman–Crippen MR) is 81.0 cm³/mol. The van der Waals surface area contributed by atoms with Gasteiger partial charge in [0.05, 0.1) is 0 Å². The smallest absolute Gasteiger partial charge is 0.188 e. The molecule has 0 saturated carbocycles. The molecule has 20 heavy (non-hydrogen) atoms. The van der Waals surface area contributed by atoms with Gasteiger partial charge < -0.3 is 16.3 Å². The molecule has 0 radical (unpaired) electrons. The third-order valence-electron chi connectivity index (χ3n) is 3.03. The third kappa shape index (κ3) is 3.55. The fraction of sp³-hybridized carbons (Fsp3) is 0.286. The molecule has 0 saturated heterocycles. The van der Waals surface area contributed by atoms with Crippen LogP contribution in [0, 0.1) is 0 Å². The molecule has 2 heterocycles. The van der Waals surface area contributed by atoms with Crippen LogP contribution in [0.3, 0.4) is 0 Å². The molecule has 0 spiro atoms. The highest BCUT2D eigenvalue weighted by Crippen LogP contribution is 2.17. The van der Waals surface area contributed by atoms with Crippen LogP contribution in [0.4, 0.5) is 0 Å². The monoisotopic (exact) mass is 290 g/mol. The van der Waals surface area contributed by atoms with E-state index in [1.165, 1.54) is 10.4 Å². The summed E-state index contributed by atoms with van der Waals surface area (Å²) in [6.45, 7) is 3.73. The molecular formula is C14H18N4OS. The number of hydrogen-bond donors (Lipinski definition) is 3. The van der Waals surface area contributed by atoms with E-state index in [1.807, 2.05) is 12.1 Å². The zero-order valence-corrected chi connectivity index (χ0v) is 12.2. The number of hydrogen-bond acceptors (Lipinski definition) is 5. The Hall–Kier alpha value is -1.92. The molecule has 6 heteroatoms. The Balaban J connectivity index is 1.94. The van der Waals surface area contributed by atoms with Crippen molar-refractivity contribution in [2.24, 2.45) is 10.9 Å². The second-order valence-electron chi connectivity index (χ2n) is 4.36. The molecule has 5 nitrogen and oxygen atoms in total. The molecule has 0 amide bonds. The van der Waals surface area contributed by atoms with Crippen LogP contribution in [0.1, 0.15) is 28.6 Å². The first-order valence-corrected chi connectivity index (χ1v) is 7.31. The number of oxime groups is 1. The van der Waals surface area contributed by atoms with Gasteiger partial charge in [-0.1, -0.05) is 12.1 Å². The second kappa shape index (κ2) is 7.02. The summed E-state index contributed by atoms with van der Waals surface area (Å²) >= 11 is 1.77. The average Bonchev–Trinajstić information content (AvgIpc) is 2.94. The summed E-state index contributed by atoms with van der Waals surface area (Å²) in [4.78, 5) is 5.43. The molecule has 0 unspecified atom stereocenters. The lowest BCUT2D eigenvalue weighted by atomic mass is 10.2. The normalized spacial score (nSPS) is 11.8. The number of pyridine rings is 1. The Kier molecular flexibility index (Phi) is 5.09. The van der Waals surface area contributed by atoms with Crippen LogP contribution in [0.5, 0.6) is 0 Å². The summed E-state index contributed by atoms with van der Waals surface area (Å²) in [5.74, 6) is 0.0263. The fourth-order valence-electron chi connectivity index (χ4n) is 1.93. The van der Waals surface area contributed by atoms with E-state index in [2.05, 4.69) is 33.8 Å². The molecule has 0 aliphatic heterocycles. The molecule has 2 aromatic rings. The van der Waals surface area contributed by atoms with Gasteiger partial charge in [-0.3, -0.25) is 4.98 Å². The van der Waals surface area contributed by atoms with E-state index >= 15 is 0 Å². The van der Waals surface area contributed by atoms with Gasteiger partial charge in [-0.05, 0) is 41.1 Å². The Morgan fingerprint density at radius 3 is 3.05 bits per heavy atom. The molecule has 0 aliphatic rings. The van der Waals surface area contributed by atoms with E-state index in [4.69, 9.17) is 10.9 Å². The number of thiophene rings is 1. The fourth-order valence-corrected chi connectivity index (χ4v) is 2.88. The first-order chi connectivity index (χ1) is 9.74. The molecule has 2 rings (SSSR count). The molecule has 0 aliphatic carbocycles. The first kappa shape index (κ1) is 14.5. The molecule has 0 fully saturated rings. The summed E-state index contributed by atoms with van der Waals surface area (Å²) in [6.07, 6.45) is 2.72. The average molecular weight is 290 g/mol. The SMILES string of the molecule is CCc1ccsc1CNCc1ccnc(/C(N)=N/O)c1.